The van der Waals surface area contributed by atoms with E-state index in [2.05, 4.69) is 21.2 Å². The summed E-state index contributed by atoms with van der Waals surface area (Å²) in [6, 6.07) is 5.33. The lowest BCUT2D eigenvalue weighted by Crippen LogP contribution is -2.51. The zero-order chi connectivity index (χ0) is 12.4. The summed E-state index contributed by atoms with van der Waals surface area (Å²) in [5.41, 5.74) is 1.54. The number of nitrogens with one attached hydrogen (secondary N) is 1. The summed E-state index contributed by atoms with van der Waals surface area (Å²) in [5, 5.41) is 11.3. The van der Waals surface area contributed by atoms with Gasteiger partial charge < -0.3 is 10.0 Å². The Balaban J connectivity index is 2.25. The number of piperazine rings is 1. The number of halogens is 1. The van der Waals surface area contributed by atoms with Crippen LogP contribution in [0.2, 0.25) is 0 Å². The van der Waals surface area contributed by atoms with Crippen molar-refractivity contribution in [2.45, 2.75) is 6.61 Å². The maximum Gasteiger partial charge on any atom is 0.246 e. The van der Waals surface area contributed by atoms with Gasteiger partial charge in [0.2, 0.25) is 11.8 Å². The van der Waals surface area contributed by atoms with E-state index in [0.29, 0.717) is 0 Å². The van der Waals surface area contributed by atoms with Crippen molar-refractivity contribution < 1.29 is 14.7 Å². The summed E-state index contributed by atoms with van der Waals surface area (Å²) < 4.78 is 0.760. The van der Waals surface area contributed by atoms with Crippen molar-refractivity contribution in [3.05, 3.63) is 28.2 Å². The van der Waals surface area contributed by atoms with Gasteiger partial charge in [-0.05, 0) is 17.7 Å². The Bertz CT molecular complexity index is 460. The number of hydrogen-bond acceptors (Lipinski definition) is 4. The third kappa shape index (κ3) is 2.65. The molecule has 1 aliphatic heterocycles. The van der Waals surface area contributed by atoms with Crippen LogP contribution in [-0.4, -0.2) is 30.0 Å². The third-order valence-electron chi connectivity index (χ3n) is 2.52. The fourth-order valence-electron chi connectivity index (χ4n) is 1.68. The van der Waals surface area contributed by atoms with Gasteiger partial charge in [0.15, 0.2) is 0 Å². The number of anilines is 1. The van der Waals surface area contributed by atoms with Gasteiger partial charge in [-0.2, -0.15) is 0 Å². The number of rotatable bonds is 2. The first kappa shape index (κ1) is 12.1. The molecule has 0 atom stereocenters. The van der Waals surface area contributed by atoms with Crippen molar-refractivity contribution in [3.63, 3.8) is 0 Å². The van der Waals surface area contributed by atoms with Gasteiger partial charge in [-0.15, -0.1) is 0 Å². The predicted octanol–water partition coefficient (Wildman–Crippen LogP) is 0.404. The molecule has 2 rings (SSSR count). The van der Waals surface area contributed by atoms with Crippen LogP contribution in [0, 0.1) is 0 Å². The van der Waals surface area contributed by atoms with Gasteiger partial charge in [0.05, 0.1) is 19.7 Å². The molecule has 17 heavy (non-hydrogen) atoms. The molecular formula is C11H11BrN2O3. The van der Waals surface area contributed by atoms with Crippen LogP contribution >= 0.6 is 15.9 Å². The van der Waals surface area contributed by atoms with Crippen LogP contribution < -0.4 is 10.2 Å². The van der Waals surface area contributed by atoms with E-state index in [1.165, 1.54) is 0 Å². The van der Waals surface area contributed by atoms with E-state index in [1.807, 2.05) is 0 Å². The second-order valence-electron chi connectivity index (χ2n) is 3.76. The molecule has 0 spiro atoms. The number of amides is 2. The van der Waals surface area contributed by atoms with Gasteiger partial charge in [-0.3, -0.25) is 14.9 Å². The average Bonchev–Trinajstić information content (AvgIpc) is 2.27. The highest BCUT2D eigenvalue weighted by Gasteiger charge is 2.22. The Morgan fingerprint density at radius 3 is 2.47 bits per heavy atom. The van der Waals surface area contributed by atoms with Crippen LogP contribution in [0.5, 0.6) is 0 Å². The van der Waals surface area contributed by atoms with E-state index in [9.17, 15) is 9.59 Å². The SMILES string of the molecule is O=C1CN(c2ccc(CO)c(Br)c2)CC(=O)N1. The number of aliphatic hydroxyl groups is 1. The Morgan fingerprint density at radius 2 is 1.94 bits per heavy atom. The minimum atomic E-state index is -0.302. The first-order chi connectivity index (χ1) is 8.10. The van der Waals surface area contributed by atoms with Gasteiger partial charge in [0.1, 0.15) is 0 Å². The smallest absolute Gasteiger partial charge is 0.246 e. The monoisotopic (exact) mass is 298 g/mol. The van der Waals surface area contributed by atoms with E-state index in [-0.39, 0.29) is 31.5 Å². The predicted molar refractivity (Wildman–Crippen MR) is 65.4 cm³/mol. The minimum absolute atomic E-state index is 0.0553. The largest absolute Gasteiger partial charge is 0.392 e. The van der Waals surface area contributed by atoms with Crippen LogP contribution in [0.25, 0.3) is 0 Å². The lowest BCUT2D eigenvalue weighted by molar-refractivity contribution is -0.130. The van der Waals surface area contributed by atoms with Gasteiger partial charge in [-0.1, -0.05) is 22.0 Å². The molecule has 1 aromatic carbocycles. The van der Waals surface area contributed by atoms with Gasteiger partial charge >= 0.3 is 0 Å². The highest BCUT2D eigenvalue weighted by molar-refractivity contribution is 9.10. The maximum atomic E-state index is 11.2. The summed E-state index contributed by atoms with van der Waals surface area (Å²) in [6.07, 6.45) is 0. The number of nitrogens with zero attached hydrogens (tertiary/aromatic N) is 1. The van der Waals surface area contributed by atoms with Crippen molar-refractivity contribution in [1.82, 2.24) is 5.32 Å². The topological polar surface area (TPSA) is 69.6 Å². The molecule has 2 N–H and O–H groups in total. The molecule has 0 saturated carbocycles. The second-order valence-corrected chi connectivity index (χ2v) is 4.62. The van der Waals surface area contributed by atoms with Gasteiger partial charge in [-0.25, -0.2) is 0 Å². The molecule has 0 bridgehead atoms. The Hall–Kier alpha value is -1.40. The summed E-state index contributed by atoms with van der Waals surface area (Å²) in [5.74, 6) is -0.604. The number of carbonyl (C=O) groups excluding carboxylic acids is 2. The van der Waals surface area contributed by atoms with Crippen molar-refractivity contribution >= 4 is 33.4 Å². The Kier molecular flexibility index (Phi) is 3.44. The second kappa shape index (κ2) is 4.85. The highest BCUT2D eigenvalue weighted by atomic mass is 79.9. The third-order valence-corrected chi connectivity index (χ3v) is 3.26. The quantitative estimate of drug-likeness (QED) is 0.776. The molecule has 2 amide bonds. The van der Waals surface area contributed by atoms with Gasteiger partial charge in [0, 0.05) is 10.2 Å². The van der Waals surface area contributed by atoms with Crippen LogP contribution in [0.1, 0.15) is 5.56 Å². The standard InChI is InChI=1S/C11H11BrN2O3/c12-9-3-8(2-1-7(9)6-15)14-4-10(16)13-11(17)5-14/h1-3,15H,4-6H2,(H,13,16,17). The molecule has 90 valence electrons. The van der Waals surface area contributed by atoms with Gasteiger partial charge in [0.25, 0.3) is 0 Å². The normalized spacial score (nSPS) is 16.0. The summed E-state index contributed by atoms with van der Waals surface area (Å²) >= 11 is 3.33. The van der Waals surface area contributed by atoms with E-state index < -0.39 is 0 Å². The van der Waals surface area contributed by atoms with Crippen LogP contribution in [0.15, 0.2) is 22.7 Å². The maximum absolute atomic E-state index is 11.2. The van der Waals surface area contributed by atoms with Crippen molar-refractivity contribution in [2.75, 3.05) is 18.0 Å². The molecule has 1 saturated heterocycles. The number of imide groups is 1. The van der Waals surface area contributed by atoms with E-state index in [0.717, 1.165) is 15.7 Å². The number of hydrogen-bond donors (Lipinski definition) is 2. The zero-order valence-electron chi connectivity index (χ0n) is 8.94. The summed E-state index contributed by atoms with van der Waals surface area (Å²) in [7, 11) is 0. The van der Waals surface area contributed by atoms with Crippen molar-refractivity contribution in [1.29, 1.82) is 0 Å². The van der Waals surface area contributed by atoms with Crippen LogP contribution in [0.4, 0.5) is 5.69 Å². The molecule has 1 fully saturated rings. The zero-order valence-corrected chi connectivity index (χ0v) is 10.5. The lowest BCUT2D eigenvalue weighted by atomic mass is 10.2. The molecule has 1 aliphatic rings. The van der Waals surface area contributed by atoms with Crippen molar-refractivity contribution in [3.8, 4) is 0 Å². The molecule has 1 heterocycles. The first-order valence-corrected chi connectivity index (χ1v) is 5.86. The average molecular weight is 299 g/mol. The Morgan fingerprint density at radius 1 is 1.29 bits per heavy atom. The summed E-state index contributed by atoms with van der Waals surface area (Å²) in [6.45, 7) is 0.271. The first-order valence-electron chi connectivity index (χ1n) is 5.07. The van der Waals surface area contributed by atoms with E-state index in [1.54, 1.807) is 23.1 Å². The Labute approximate surface area is 107 Å². The fourth-order valence-corrected chi connectivity index (χ4v) is 2.17. The number of carbonyl (C=O) groups is 2. The van der Waals surface area contributed by atoms with E-state index >= 15 is 0 Å². The molecule has 0 unspecified atom stereocenters. The molecule has 0 radical (unpaired) electrons. The summed E-state index contributed by atoms with van der Waals surface area (Å²) in [4.78, 5) is 24.2. The molecule has 1 aromatic rings. The molecular weight excluding hydrogens is 288 g/mol. The number of benzene rings is 1. The number of aliphatic hydroxyl groups excluding tert-OH is 1. The minimum Gasteiger partial charge on any atom is -0.392 e. The van der Waals surface area contributed by atoms with Crippen LogP contribution in [0.3, 0.4) is 0 Å². The lowest BCUT2D eigenvalue weighted by Gasteiger charge is -2.27. The molecule has 5 nitrogen and oxygen atoms in total. The molecule has 0 aromatic heterocycles. The molecule has 0 aliphatic carbocycles. The highest BCUT2D eigenvalue weighted by Crippen LogP contribution is 2.24. The molecule has 6 heteroatoms. The van der Waals surface area contributed by atoms with Crippen LogP contribution in [-0.2, 0) is 16.2 Å². The van der Waals surface area contributed by atoms with Crippen molar-refractivity contribution in [2.24, 2.45) is 0 Å². The fraction of sp³-hybridized carbons (Fsp3) is 0.273. The van der Waals surface area contributed by atoms with E-state index in [4.69, 9.17) is 5.11 Å².